The quantitative estimate of drug-likeness (QED) is 0.901. The van der Waals surface area contributed by atoms with Crippen LogP contribution in [-0.2, 0) is 20.5 Å². The lowest BCUT2D eigenvalue weighted by Gasteiger charge is -2.16. The standard InChI is InChI=1S/C14H15F3N2O3/c1-8(20)18-11-3-2-10(14(15,16)17)6-12(11)19-13(21)9-4-5-22-7-9/h2-3,6,9H,4-5,7H2,1H3,(H,18,20)(H,19,21). The van der Waals surface area contributed by atoms with Crippen molar-refractivity contribution < 1.29 is 27.5 Å². The van der Waals surface area contributed by atoms with Gasteiger partial charge in [0.15, 0.2) is 0 Å². The van der Waals surface area contributed by atoms with Crippen LogP contribution in [0.2, 0.25) is 0 Å². The monoisotopic (exact) mass is 316 g/mol. The highest BCUT2D eigenvalue weighted by Gasteiger charge is 2.32. The van der Waals surface area contributed by atoms with Crippen molar-refractivity contribution in [2.45, 2.75) is 19.5 Å². The summed E-state index contributed by atoms with van der Waals surface area (Å²) < 4.78 is 43.4. The summed E-state index contributed by atoms with van der Waals surface area (Å²) in [6, 6.07) is 2.77. The van der Waals surface area contributed by atoms with Crippen LogP contribution in [0, 0.1) is 5.92 Å². The molecule has 120 valence electrons. The largest absolute Gasteiger partial charge is 0.416 e. The Morgan fingerprint density at radius 3 is 2.50 bits per heavy atom. The van der Waals surface area contributed by atoms with Crippen molar-refractivity contribution in [3.8, 4) is 0 Å². The molecular formula is C14H15F3N2O3. The third-order valence-electron chi connectivity index (χ3n) is 3.22. The molecule has 0 saturated carbocycles. The molecule has 2 rings (SSSR count). The Hall–Kier alpha value is -2.09. The highest BCUT2D eigenvalue weighted by molar-refractivity contribution is 5.99. The molecule has 1 aromatic rings. The van der Waals surface area contributed by atoms with Crippen LogP contribution in [0.3, 0.4) is 0 Å². The van der Waals surface area contributed by atoms with Gasteiger partial charge < -0.3 is 15.4 Å². The van der Waals surface area contributed by atoms with Crippen molar-refractivity contribution in [1.82, 2.24) is 0 Å². The third kappa shape index (κ3) is 3.97. The zero-order chi connectivity index (χ0) is 16.3. The Balaban J connectivity index is 2.27. The number of ether oxygens (including phenoxy) is 1. The summed E-state index contributed by atoms with van der Waals surface area (Å²) in [4.78, 5) is 23.2. The van der Waals surface area contributed by atoms with Crippen molar-refractivity contribution in [3.05, 3.63) is 23.8 Å². The first-order valence-corrected chi connectivity index (χ1v) is 6.65. The number of amides is 2. The molecule has 8 heteroatoms. The van der Waals surface area contributed by atoms with E-state index in [9.17, 15) is 22.8 Å². The Morgan fingerprint density at radius 2 is 1.95 bits per heavy atom. The minimum Gasteiger partial charge on any atom is -0.381 e. The Labute approximate surface area is 124 Å². The molecule has 1 aliphatic heterocycles. The molecule has 2 amide bonds. The molecule has 5 nitrogen and oxygen atoms in total. The topological polar surface area (TPSA) is 67.4 Å². The predicted molar refractivity (Wildman–Crippen MR) is 73.3 cm³/mol. The van der Waals surface area contributed by atoms with E-state index in [-0.39, 0.29) is 18.0 Å². The van der Waals surface area contributed by atoms with E-state index in [1.807, 2.05) is 0 Å². The molecule has 2 N–H and O–H groups in total. The van der Waals surface area contributed by atoms with Gasteiger partial charge in [-0.25, -0.2) is 0 Å². The lowest BCUT2D eigenvalue weighted by Crippen LogP contribution is -2.24. The van der Waals surface area contributed by atoms with Gasteiger partial charge in [0.1, 0.15) is 0 Å². The second-order valence-corrected chi connectivity index (χ2v) is 4.99. The highest BCUT2D eigenvalue weighted by atomic mass is 19.4. The van der Waals surface area contributed by atoms with Gasteiger partial charge in [-0.1, -0.05) is 0 Å². The lowest BCUT2D eigenvalue weighted by molar-refractivity contribution is -0.137. The number of alkyl halides is 3. The van der Waals surface area contributed by atoms with Crippen LogP contribution in [0.15, 0.2) is 18.2 Å². The fraction of sp³-hybridized carbons (Fsp3) is 0.429. The minimum atomic E-state index is -4.54. The molecular weight excluding hydrogens is 301 g/mol. The normalized spacial score (nSPS) is 18.1. The van der Waals surface area contributed by atoms with Crippen LogP contribution in [0.4, 0.5) is 24.5 Å². The van der Waals surface area contributed by atoms with Gasteiger partial charge in [-0.15, -0.1) is 0 Å². The van der Waals surface area contributed by atoms with Gasteiger partial charge >= 0.3 is 6.18 Å². The molecule has 1 unspecified atom stereocenters. The maximum Gasteiger partial charge on any atom is 0.416 e. The fourth-order valence-corrected chi connectivity index (χ4v) is 2.10. The van der Waals surface area contributed by atoms with E-state index < -0.39 is 29.5 Å². The average molecular weight is 316 g/mol. The molecule has 22 heavy (non-hydrogen) atoms. The number of rotatable bonds is 3. The molecule has 1 saturated heterocycles. The zero-order valence-corrected chi connectivity index (χ0v) is 11.8. The number of halogens is 3. The van der Waals surface area contributed by atoms with E-state index in [0.29, 0.717) is 13.0 Å². The van der Waals surface area contributed by atoms with E-state index >= 15 is 0 Å². The van der Waals surface area contributed by atoms with Gasteiger partial charge in [0.25, 0.3) is 0 Å². The molecule has 1 aromatic carbocycles. The van der Waals surface area contributed by atoms with Gasteiger partial charge in [-0.3, -0.25) is 9.59 Å². The highest BCUT2D eigenvalue weighted by Crippen LogP contribution is 2.34. The molecule has 0 aromatic heterocycles. The molecule has 1 aliphatic rings. The van der Waals surface area contributed by atoms with E-state index in [2.05, 4.69) is 10.6 Å². The Morgan fingerprint density at radius 1 is 1.23 bits per heavy atom. The maximum atomic E-state index is 12.8. The number of benzene rings is 1. The minimum absolute atomic E-state index is 0.0816. The average Bonchev–Trinajstić information content (AvgIpc) is 2.92. The van der Waals surface area contributed by atoms with E-state index in [1.165, 1.54) is 6.92 Å². The van der Waals surface area contributed by atoms with Crippen LogP contribution < -0.4 is 10.6 Å². The van der Waals surface area contributed by atoms with Crippen molar-refractivity contribution in [1.29, 1.82) is 0 Å². The van der Waals surface area contributed by atoms with Crippen LogP contribution in [0.5, 0.6) is 0 Å². The van der Waals surface area contributed by atoms with Crippen LogP contribution >= 0.6 is 0 Å². The zero-order valence-electron chi connectivity index (χ0n) is 11.8. The summed E-state index contributed by atoms with van der Waals surface area (Å²) in [6.07, 6.45) is -4.02. The van der Waals surface area contributed by atoms with E-state index in [0.717, 1.165) is 18.2 Å². The van der Waals surface area contributed by atoms with E-state index in [4.69, 9.17) is 4.74 Å². The lowest BCUT2D eigenvalue weighted by atomic mass is 10.1. The maximum absolute atomic E-state index is 12.8. The molecule has 1 atom stereocenters. The second kappa shape index (κ2) is 6.35. The molecule has 1 fully saturated rings. The fourth-order valence-electron chi connectivity index (χ4n) is 2.10. The number of hydrogen-bond acceptors (Lipinski definition) is 3. The van der Waals surface area contributed by atoms with Gasteiger partial charge in [-0.05, 0) is 24.6 Å². The van der Waals surface area contributed by atoms with Crippen LogP contribution in [0.1, 0.15) is 18.9 Å². The number of carbonyl (C=O) groups is 2. The summed E-state index contributed by atoms with van der Waals surface area (Å²) in [7, 11) is 0. The number of carbonyl (C=O) groups excluding carboxylic acids is 2. The molecule has 1 heterocycles. The summed E-state index contributed by atoms with van der Waals surface area (Å²) in [6.45, 7) is 1.91. The summed E-state index contributed by atoms with van der Waals surface area (Å²) in [5.41, 5.74) is -0.866. The van der Waals surface area contributed by atoms with Crippen LogP contribution in [-0.4, -0.2) is 25.0 Å². The second-order valence-electron chi connectivity index (χ2n) is 4.99. The molecule has 0 aliphatic carbocycles. The van der Waals surface area contributed by atoms with Gasteiger partial charge in [0.2, 0.25) is 11.8 Å². The van der Waals surface area contributed by atoms with Gasteiger partial charge in [0, 0.05) is 13.5 Å². The molecule has 0 spiro atoms. The van der Waals surface area contributed by atoms with Gasteiger partial charge in [0.05, 0.1) is 29.5 Å². The van der Waals surface area contributed by atoms with Crippen molar-refractivity contribution in [2.24, 2.45) is 5.92 Å². The first-order chi connectivity index (χ1) is 10.3. The predicted octanol–water partition coefficient (Wildman–Crippen LogP) is 2.64. The smallest absolute Gasteiger partial charge is 0.381 e. The van der Waals surface area contributed by atoms with Crippen molar-refractivity contribution in [3.63, 3.8) is 0 Å². The summed E-state index contributed by atoms with van der Waals surface area (Å²) >= 11 is 0. The number of nitrogens with one attached hydrogen (secondary N) is 2. The Kier molecular flexibility index (Phi) is 4.70. The third-order valence-corrected chi connectivity index (χ3v) is 3.22. The SMILES string of the molecule is CC(=O)Nc1ccc(C(F)(F)F)cc1NC(=O)C1CCOC1. The first kappa shape index (κ1) is 16.3. The van der Waals surface area contributed by atoms with E-state index in [1.54, 1.807) is 0 Å². The Bertz CT molecular complexity index is 581. The van der Waals surface area contributed by atoms with Crippen molar-refractivity contribution >= 4 is 23.2 Å². The summed E-state index contributed by atoms with van der Waals surface area (Å²) in [5.74, 6) is -1.28. The number of hydrogen-bond donors (Lipinski definition) is 2. The summed E-state index contributed by atoms with van der Waals surface area (Å²) in [5, 5.41) is 4.83. The van der Waals surface area contributed by atoms with Crippen molar-refractivity contribution in [2.75, 3.05) is 23.8 Å². The van der Waals surface area contributed by atoms with Gasteiger partial charge in [-0.2, -0.15) is 13.2 Å². The van der Waals surface area contributed by atoms with Crippen LogP contribution in [0.25, 0.3) is 0 Å². The number of anilines is 2. The first-order valence-electron chi connectivity index (χ1n) is 6.65. The molecule has 0 bridgehead atoms. The molecule has 0 radical (unpaired) electrons.